The first-order valence-electron chi connectivity index (χ1n) is 8.62. The second kappa shape index (κ2) is 8.79. The predicted octanol–water partition coefficient (Wildman–Crippen LogP) is -0.0283. The second-order valence-corrected chi connectivity index (χ2v) is 6.23. The van der Waals surface area contributed by atoms with Crippen molar-refractivity contribution in [2.75, 3.05) is 31.2 Å². The molecule has 7 nitrogen and oxygen atoms in total. The monoisotopic (exact) mass is 390 g/mol. The number of carbonyl (C=O) groups is 1. The largest absolute Gasteiger partial charge is 1.00 e. The van der Waals surface area contributed by atoms with E-state index in [1.54, 1.807) is 36.4 Å². The minimum Gasteiger partial charge on any atom is -1.00 e. The SMILES string of the molecule is O=C(O)c1cccc(Oc2cccc3c(=O)cc(N4CCOCC4)[nH]c23)c1.[H-].[Na+]. The number of pyridine rings is 1. The second-order valence-electron chi connectivity index (χ2n) is 6.23. The van der Waals surface area contributed by atoms with Crippen molar-refractivity contribution in [1.82, 2.24) is 4.98 Å². The quantitative estimate of drug-likeness (QED) is 0.608. The maximum absolute atomic E-state index is 12.6. The maximum Gasteiger partial charge on any atom is 1.00 e. The number of fused-ring (bicyclic) bond motifs is 1. The number of aromatic carboxylic acids is 1. The zero-order valence-corrected chi connectivity index (χ0v) is 17.5. The fraction of sp³-hybridized carbons (Fsp3) is 0.200. The van der Waals surface area contributed by atoms with Crippen molar-refractivity contribution in [3.8, 4) is 11.5 Å². The third kappa shape index (κ3) is 4.23. The summed E-state index contributed by atoms with van der Waals surface area (Å²) in [6, 6.07) is 13.0. The molecule has 2 aromatic carbocycles. The summed E-state index contributed by atoms with van der Waals surface area (Å²) in [5.74, 6) is 0.537. The molecule has 0 atom stereocenters. The zero-order valence-electron chi connectivity index (χ0n) is 16.5. The van der Waals surface area contributed by atoms with Gasteiger partial charge in [0.15, 0.2) is 11.2 Å². The Balaban J connectivity index is 0.00000150. The molecule has 1 fully saturated rings. The summed E-state index contributed by atoms with van der Waals surface area (Å²) in [7, 11) is 0. The van der Waals surface area contributed by atoms with Crippen LogP contribution in [0.5, 0.6) is 11.5 Å². The molecule has 8 heteroatoms. The summed E-state index contributed by atoms with van der Waals surface area (Å²) in [5.41, 5.74) is 0.609. The first-order valence-corrected chi connectivity index (χ1v) is 8.62. The van der Waals surface area contributed by atoms with Gasteiger partial charge in [0.1, 0.15) is 11.6 Å². The van der Waals surface area contributed by atoms with Crippen molar-refractivity contribution in [2.24, 2.45) is 0 Å². The van der Waals surface area contributed by atoms with Crippen LogP contribution in [-0.2, 0) is 4.74 Å². The smallest absolute Gasteiger partial charge is 1.00 e. The van der Waals surface area contributed by atoms with E-state index in [2.05, 4.69) is 9.88 Å². The van der Waals surface area contributed by atoms with Gasteiger partial charge in [-0.05, 0) is 30.3 Å². The normalized spacial score (nSPS) is 13.8. The summed E-state index contributed by atoms with van der Waals surface area (Å²) < 4.78 is 11.3. The number of morpholine rings is 1. The zero-order chi connectivity index (χ0) is 18.8. The van der Waals surface area contributed by atoms with Crippen LogP contribution in [0.2, 0.25) is 0 Å². The molecule has 0 spiro atoms. The third-order valence-corrected chi connectivity index (χ3v) is 4.47. The standard InChI is InChI=1S/C20H18N2O5.Na.H/c23-16-12-18(22-7-9-26-10-8-22)21-19-15(16)5-2-6-17(19)27-14-4-1-3-13(11-14)20(24)25;;/h1-6,11-12H,7-10H2,(H,21,23)(H,24,25);;/q;+1;-1. The first-order chi connectivity index (χ1) is 13.1. The van der Waals surface area contributed by atoms with Crippen molar-refractivity contribution in [1.29, 1.82) is 0 Å². The van der Waals surface area contributed by atoms with Gasteiger partial charge in [0.25, 0.3) is 0 Å². The van der Waals surface area contributed by atoms with E-state index in [0.717, 1.165) is 0 Å². The number of hydrogen-bond acceptors (Lipinski definition) is 5. The van der Waals surface area contributed by atoms with E-state index in [1.807, 2.05) is 0 Å². The van der Waals surface area contributed by atoms with Gasteiger partial charge in [-0.2, -0.15) is 0 Å². The molecule has 140 valence electrons. The Morgan fingerprint density at radius 2 is 1.89 bits per heavy atom. The van der Waals surface area contributed by atoms with E-state index in [1.165, 1.54) is 12.1 Å². The van der Waals surface area contributed by atoms with Crippen molar-refractivity contribution in [2.45, 2.75) is 0 Å². The number of hydrogen-bond donors (Lipinski definition) is 2. The van der Waals surface area contributed by atoms with Crippen LogP contribution in [0.1, 0.15) is 11.8 Å². The van der Waals surface area contributed by atoms with Gasteiger partial charge < -0.3 is 25.9 Å². The predicted molar refractivity (Wildman–Crippen MR) is 102 cm³/mol. The number of carboxylic acids is 1. The third-order valence-electron chi connectivity index (χ3n) is 4.47. The average molecular weight is 390 g/mol. The molecular formula is C20H19N2NaO5. The molecule has 0 aliphatic carbocycles. The Labute approximate surface area is 184 Å². The van der Waals surface area contributed by atoms with E-state index in [-0.39, 0.29) is 42.0 Å². The number of nitrogens with zero attached hydrogens (tertiary/aromatic N) is 1. The molecule has 1 aliphatic heterocycles. The molecule has 1 aromatic heterocycles. The number of para-hydroxylation sites is 1. The number of anilines is 1. The van der Waals surface area contributed by atoms with Crippen LogP contribution in [-0.4, -0.2) is 42.4 Å². The van der Waals surface area contributed by atoms with Gasteiger partial charge in [0, 0.05) is 24.5 Å². The van der Waals surface area contributed by atoms with E-state index in [9.17, 15) is 9.59 Å². The number of benzene rings is 2. The maximum atomic E-state index is 12.6. The Morgan fingerprint density at radius 3 is 2.64 bits per heavy atom. The molecule has 1 saturated heterocycles. The number of ether oxygens (including phenoxy) is 2. The fourth-order valence-electron chi connectivity index (χ4n) is 3.11. The van der Waals surface area contributed by atoms with Gasteiger partial charge >= 0.3 is 35.5 Å². The molecule has 28 heavy (non-hydrogen) atoms. The van der Waals surface area contributed by atoms with Crippen molar-refractivity contribution in [3.63, 3.8) is 0 Å². The fourth-order valence-corrected chi connectivity index (χ4v) is 3.11. The Hall–Kier alpha value is -2.32. The van der Waals surface area contributed by atoms with Gasteiger partial charge in [-0.25, -0.2) is 4.79 Å². The van der Waals surface area contributed by atoms with Crippen LogP contribution in [0, 0.1) is 0 Å². The molecule has 0 unspecified atom stereocenters. The van der Waals surface area contributed by atoms with Crippen LogP contribution in [0.25, 0.3) is 10.9 Å². The van der Waals surface area contributed by atoms with Crippen molar-refractivity contribution >= 4 is 22.7 Å². The topological polar surface area (TPSA) is 91.9 Å². The minimum absolute atomic E-state index is 0. The van der Waals surface area contributed by atoms with Gasteiger partial charge in [0.2, 0.25) is 0 Å². The van der Waals surface area contributed by atoms with Gasteiger partial charge in [0.05, 0.1) is 24.3 Å². The number of carboxylic acid groups (broad SMARTS) is 1. The molecule has 0 amide bonds. The summed E-state index contributed by atoms with van der Waals surface area (Å²) in [4.78, 5) is 29.1. The number of aromatic nitrogens is 1. The summed E-state index contributed by atoms with van der Waals surface area (Å²) >= 11 is 0. The summed E-state index contributed by atoms with van der Waals surface area (Å²) in [6.45, 7) is 2.62. The van der Waals surface area contributed by atoms with Crippen LogP contribution < -0.4 is 44.6 Å². The molecule has 2 heterocycles. The summed E-state index contributed by atoms with van der Waals surface area (Å²) in [5, 5.41) is 9.66. The van der Waals surface area contributed by atoms with Gasteiger partial charge in [-0.3, -0.25) is 4.79 Å². The first kappa shape index (κ1) is 20.4. The van der Waals surface area contributed by atoms with E-state index >= 15 is 0 Å². The molecule has 3 aromatic rings. The molecule has 0 radical (unpaired) electrons. The molecule has 0 saturated carbocycles. The molecule has 4 rings (SSSR count). The number of rotatable bonds is 4. The van der Waals surface area contributed by atoms with Crippen LogP contribution in [0.15, 0.2) is 53.3 Å². The van der Waals surface area contributed by atoms with Crippen LogP contribution >= 0.6 is 0 Å². The molecular weight excluding hydrogens is 371 g/mol. The molecule has 2 N–H and O–H groups in total. The average Bonchev–Trinajstić information content (AvgIpc) is 2.69. The van der Waals surface area contributed by atoms with Crippen LogP contribution in [0.4, 0.5) is 5.82 Å². The van der Waals surface area contributed by atoms with Crippen LogP contribution in [0.3, 0.4) is 0 Å². The minimum atomic E-state index is -1.03. The van der Waals surface area contributed by atoms with Crippen molar-refractivity contribution < 1.29 is 50.4 Å². The summed E-state index contributed by atoms with van der Waals surface area (Å²) in [6.07, 6.45) is 0. The molecule has 0 bridgehead atoms. The van der Waals surface area contributed by atoms with E-state index in [0.29, 0.717) is 54.5 Å². The number of H-pyrrole nitrogens is 1. The number of aromatic amines is 1. The van der Waals surface area contributed by atoms with Crippen molar-refractivity contribution in [3.05, 3.63) is 64.3 Å². The Morgan fingerprint density at radius 1 is 1.14 bits per heavy atom. The van der Waals surface area contributed by atoms with Gasteiger partial charge in [-0.15, -0.1) is 0 Å². The van der Waals surface area contributed by atoms with E-state index < -0.39 is 5.97 Å². The molecule has 1 aliphatic rings. The number of nitrogens with one attached hydrogen (secondary N) is 1. The Kier molecular flexibility index (Phi) is 6.41. The van der Waals surface area contributed by atoms with E-state index in [4.69, 9.17) is 14.6 Å². The Bertz CT molecular complexity index is 1070. The van der Waals surface area contributed by atoms with Gasteiger partial charge in [-0.1, -0.05) is 12.1 Å².